The summed E-state index contributed by atoms with van der Waals surface area (Å²) in [6.07, 6.45) is 0.794. The molecule has 0 radical (unpaired) electrons. The molecular weight excluding hydrogens is 342 g/mol. The highest BCUT2D eigenvalue weighted by Gasteiger charge is 2.11. The molecule has 0 unspecified atom stereocenters. The van der Waals surface area contributed by atoms with E-state index in [4.69, 9.17) is 11.6 Å². The number of anilines is 1. The Morgan fingerprint density at radius 3 is 2.55 bits per heavy atom. The SMILES string of the molecule is O=C(Nc1ccc(CCCl)cc1)c1cc(Br)ccc1O. The predicted octanol–water partition coefficient (Wildman–Crippen LogP) is 4.19. The van der Waals surface area contributed by atoms with Crippen LogP contribution in [0.25, 0.3) is 0 Å². The number of benzene rings is 2. The number of aromatic hydroxyl groups is 1. The number of nitrogens with one attached hydrogen (secondary N) is 1. The molecule has 0 atom stereocenters. The average Bonchev–Trinajstić information content (AvgIpc) is 2.44. The second-order valence-corrected chi connectivity index (χ2v) is 5.55. The van der Waals surface area contributed by atoms with E-state index < -0.39 is 0 Å². The lowest BCUT2D eigenvalue weighted by atomic mass is 10.1. The highest BCUT2D eigenvalue weighted by atomic mass is 79.9. The van der Waals surface area contributed by atoms with Gasteiger partial charge in [-0.1, -0.05) is 28.1 Å². The van der Waals surface area contributed by atoms with Crippen LogP contribution in [-0.2, 0) is 6.42 Å². The summed E-state index contributed by atoms with van der Waals surface area (Å²) in [5.41, 5.74) is 2.01. The zero-order chi connectivity index (χ0) is 14.5. The molecule has 2 N–H and O–H groups in total. The summed E-state index contributed by atoms with van der Waals surface area (Å²) in [5, 5.41) is 12.4. The summed E-state index contributed by atoms with van der Waals surface area (Å²) in [5.74, 6) is 0.163. The monoisotopic (exact) mass is 353 g/mol. The number of aryl methyl sites for hydroxylation is 1. The Bertz CT molecular complexity index is 614. The molecule has 0 spiro atoms. The first-order chi connectivity index (χ1) is 9.60. The highest BCUT2D eigenvalue weighted by Crippen LogP contribution is 2.23. The van der Waals surface area contributed by atoms with E-state index in [2.05, 4.69) is 21.2 Å². The normalized spacial score (nSPS) is 10.3. The van der Waals surface area contributed by atoms with E-state index >= 15 is 0 Å². The van der Waals surface area contributed by atoms with Gasteiger partial charge in [0.1, 0.15) is 5.75 Å². The van der Waals surface area contributed by atoms with Gasteiger partial charge in [0.15, 0.2) is 0 Å². The number of carbonyl (C=O) groups is 1. The Morgan fingerprint density at radius 1 is 1.20 bits per heavy atom. The maximum Gasteiger partial charge on any atom is 0.259 e. The second kappa shape index (κ2) is 6.77. The Kier molecular flexibility index (Phi) is 5.04. The molecular formula is C15H13BrClNO2. The van der Waals surface area contributed by atoms with Gasteiger partial charge in [-0.2, -0.15) is 0 Å². The van der Waals surface area contributed by atoms with E-state index in [1.807, 2.05) is 24.3 Å². The zero-order valence-corrected chi connectivity index (χ0v) is 12.9. The van der Waals surface area contributed by atoms with Crippen LogP contribution in [0.5, 0.6) is 5.75 Å². The van der Waals surface area contributed by atoms with E-state index in [9.17, 15) is 9.90 Å². The summed E-state index contributed by atoms with van der Waals surface area (Å²) in [6, 6.07) is 12.2. The van der Waals surface area contributed by atoms with Crippen molar-refractivity contribution in [2.75, 3.05) is 11.2 Å². The average molecular weight is 355 g/mol. The summed E-state index contributed by atoms with van der Waals surface area (Å²) in [6.45, 7) is 0. The van der Waals surface area contributed by atoms with Crippen molar-refractivity contribution in [2.45, 2.75) is 6.42 Å². The molecule has 2 aromatic carbocycles. The van der Waals surface area contributed by atoms with Crippen LogP contribution in [0.15, 0.2) is 46.9 Å². The van der Waals surface area contributed by atoms with E-state index in [0.717, 1.165) is 16.5 Å². The Labute approximate surface area is 130 Å². The fourth-order valence-electron chi connectivity index (χ4n) is 1.75. The van der Waals surface area contributed by atoms with Gasteiger partial charge in [-0.05, 0) is 42.3 Å². The molecule has 20 heavy (non-hydrogen) atoms. The number of phenolic OH excluding ortho intramolecular Hbond substituents is 1. The molecule has 3 nitrogen and oxygen atoms in total. The maximum absolute atomic E-state index is 12.1. The molecule has 5 heteroatoms. The lowest BCUT2D eigenvalue weighted by molar-refractivity contribution is 0.102. The second-order valence-electron chi connectivity index (χ2n) is 4.25. The number of rotatable bonds is 4. The number of phenols is 1. The molecule has 0 saturated carbocycles. The van der Waals surface area contributed by atoms with E-state index in [0.29, 0.717) is 11.6 Å². The first kappa shape index (κ1) is 14.9. The van der Waals surface area contributed by atoms with Gasteiger partial charge >= 0.3 is 0 Å². The van der Waals surface area contributed by atoms with Gasteiger partial charge in [0.25, 0.3) is 5.91 Å². The third-order valence-corrected chi connectivity index (χ3v) is 3.48. The predicted molar refractivity (Wildman–Crippen MR) is 84.6 cm³/mol. The number of amides is 1. The first-order valence-corrected chi connectivity index (χ1v) is 7.37. The molecule has 2 rings (SSSR count). The van der Waals surface area contributed by atoms with Gasteiger partial charge in [0.05, 0.1) is 5.56 Å². The summed E-state index contributed by atoms with van der Waals surface area (Å²) < 4.78 is 0.734. The number of hydrogen-bond acceptors (Lipinski definition) is 2. The summed E-state index contributed by atoms with van der Waals surface area (Å²) in [7, 11) is 0. The minimum atomic E-state index is -0.353. The molecule has 0 aliphatic carbocycles. The van der Waals surface area contributed by atoms with Crippen LogP contribution in [-0.4, -0.2) is 16.9 Å². The minimum Gasteiger partial charge on any atom is -0.507 e. The van der Waals surface area contributed by atoms with Gasteiger partial charge < -0.3 is 10.4 Å². The van der Waals surface area contributed by atoms with Crippen molar-refractivity contribution in [2.24, 2.45) is 0 Å². The lowest BCUT2D eigenvalue weighted by Gasteiger charge is -2.08. The van der Waals surface area contributed by atoms with E-state index in [1.54, 1.807) is 12.1 Å². The van der Waals surface area contributed by atoms with Crippen LogP contribution >= 0.6 is 27.5 Å². The van der Waals surface area contributed by atoms with Crippen LogP contribution in [0.2, 0.25) is 0 Å². The van der Waals surface area contributed by atoms with Crippen LogP contribution in [0.1, 0.15) is 15.9 Å². The Balaban J connectivity index is 2.13. The van der Waals surface area contributed by atoms with Gasteiger partial charge in [0.2, 0.25) is 0 Å². The number of alkyl halides is 1. The van der Waals surface area contributed by atoms with Crippen LogP contribution in [0.3, 0.4) is 0 Å². The Hall–Kier alpha value is -1.52. The highest BCUT2D eigenvalue weighted by molar-refractivity contribution is 9.10. The summed E-state index contributed by atoms with van der Waals surface area (Å²) in [4.78, 5) is 12.1. The van der Waals surface area contributed by atoms with Crippen molar-refractivity contribution in [3.63, 3.8) is 0 Å². The quantitative estimate of drug-likeness (QED) is 0.809. The topological polar surface area (TPSA) is 49.3 Å². The molecule has 0 bridgehead atoms. The number of hydrogen-bond donors (Lipinski definition) is 2. The van der Waals surface area contributed by atoms with Crippen LogP contribution in [0, 0.1) is 0 Å². The Morgan fingerprint density at radius 2 is 1.90 bits per heavy atom. The largest absolute Gasteiger partial charge is 0.507 e. The third kappa shape index (κ3) is 3.74. The molecule has 0 fully saturated rings. The van der Waals surface area contributed by atoms with Gasteiger partial charge in [-0.3, -0.25) is 4.79 Å². The summed E-state index contributed by atoms with van der Waals surface area (Å²) >= 11 is 8.94. The molecule has 1 amide bonds. The van der Waals surface area contributed by atoms with E-state index in [1.165, 1.54) is 6.07 Å². The first-order valence-electron chi connectivity index (χ1n) is 6.05. The molecule has 0 aromatic heterocycles. The van der Waals surface area contributed by atoms with Crippen molar-refractivity contribution in [3.8, 4) is 5.75 Å². The molecule has 0 saturated heterocycles. The van der Waals surface area contributed by atoms with Crippen molar-refractivity contribution in [3.05, 3.63) is 58.1 Å². The molecule has 0 aliphatic heterocycles. The molecule has 104 valence electrons. The smallest absolute Gasteiger partial charge is 0.259 e. The van der Waals surface area contributed by atoms with Crippen molar-refractivity contribution < 1.29 is 9.90 Å². The van der Waals surface area contributed by atoms with Crippen LogP contribution < -0.4 is 5.32 Å². The molecule has 2 aromatic rings. The standard InChI is InChI=1S/C15H13BrClNO2/c16-11-3-6-14(19)13(9-11)15(20)18-12-4-1-10(2-5-12)7-8-17/h1-6,9,19H,7-8H2,(H,18,20). The molecule has 0 heterocycles. The van der Waals surface area contributed by atoms with E-state index in [-0.39, 0.29) is 17.2 Å². The van der Waals surface area contributed by atoms with Crippen molar-refractivity contribution >= 4 is 39.1 Å². The van der Waals surface area contributed by atoms with Gasteiger partial charge in [0, 0.05) is 16.0 Å². The van der Waals surface area contributed by atoms with Gasteiger partial charge in [-0.15, -0.1) is 11.6 Å². The van der Waals surface area contributed by atoms with Crippen molar-refractivity contribution in [1.82, 2.24) is 0 Å². The third-order valence-electron chi connectivity index (χ3n) is 2.80. The fraction of sp³-hybridized carbons (Fsp3) is 0.133. The number of halogens is 2. The molecule has 0 aliphatic rings. The van der Waals surface area contributed by atoms with Gasteiger partial charge in [-0.25, -0.2) is 0 Å². The van der Waals surface area contributed by atoms with Crippen molar-refractivity contribution in [1.29, 1.82) is 0 Å². The lowest BCUT2D eigenvalue weighted by Crippen LogP contribution is -2.12. The van der Waals surface area contributed by atoms with Crippen LogP contribution in [0.4, 0.5) is 5.69 Å². The minimum absolute atomic E-state index is 0.0514. The maximum atomic E-state index is 12.1. The fourth-order valence-corrected chi connectivity index (χ4v) is 2.33. The zero-order valence-electron chi connectivity index (χ0n) is 10.6. The number of carbonyl (C=O) groups excluding carboxylic acids is 1.